The van der Waals surface area contributed by atoms with E-state index in [0.717, 1.165) is 24.0 Å². The third kappa shape index (κ3) is 3.19. The average molecular weight is 248 g/mol. The van der Waals surface area contributed by atoms with E-state index in [1.54, 1.807) is 6.20 Å². The fourth-order valence-corrected chi connectivity index (χ4v) is 2.48. The molecule has 2 heterocycles. The molecule has 0 amide bonds. The maximum Gasteiger partial charge on any atom is 0.144 e. The van der Waals surface area contributed by atoms with Gasteiger partial charge in [-0.3, -0.25) is 9.88 Å². The predicted octanol–water partition coefficient (Wildman–Crippen LogP) is 2.39. The van der Waals surface area contributed by atoms with Gasteiger partial charge in [0.1, 0.15) is 5.82 Å². The minimum Gasteiger partial charge on any atom is -0.372 e. The van der Waals surface area contributed by atoms with Gasteiger partial charge in [0, 0.05) is 20.1 Å². The van der Waals surface area contributed by atoms with Crippen LogP contribution >= 0.6 is 0 Å². The van der Waals surface area contributed by atoms with E-state index < -0.39 is 0 Å². The van der Waals surface area contributed by atoms with Gasteiger partial charge in [-0.1, -0.05) is 20.8 Å². The molecule has 1 aliphatic heterocycles. The van der Waals surface area contributed by atoms with Gasteiger partial charge in [0.15, 0.2) is 0 Å². The molecule has 0 aromatic carbocycles. The zero-order valence-electron chi connectivity index (χ0n) is 11.9. The summed E-state index contributed by atoms with van der Waals surface area (Å²) < 4.78 is 0. The van der Waals surface area contributed by atoms with Crippen LogP contribution in [0, 0.1) is 11.3 Å². The fraction of sp³-hybridized carbons (Fsp3) is 0.714. The summed E-state index contributed by atoms with van der Waals surface area (Å²) in [5.41, 5.74) is 1.47. The van der Waals surface area contributed by atoms with E-state index in [9.17, 15) is 0 Å². The van der Waals surface area contributed by atoms with Gasteiger partial charge >= 0.3 is 0 Å². The van der Waals surface area contributed by atoms with Gasteiger partial charge in [0.25, 0.3) is 0 Å². The maximum absolute atomic E-state index is 4.43. The highest BCUT2D eigenvalue weighted by atomic mass is 15.2. The highest BCUT2D eigenvalue weighted by molar-refractivity contribution is 5.29. The van der Waals surface area contributed by atoms with Crippen molar-refractivity contribution < 1.29 is 0 Å². The molecule has 4 heteroatoms. The zero-order chi connectivity index (χ0) is 13.2. The van der Waals surface area contributed by atoms with E-state index in [1.807, 2.05) is 13.2 Å². The highest BCUT2D eigenvalue weighted by Crippen LogP contribution is 2.33. The number of hydrogen-bond acceptors (Lipinski definition) is 4. The topological polar surface area (TPSA) is 41.1 Å². The molecule has 1 atom stereocenters. The molecule has 0 bridgehead atoms. The number of hydrogen-bond donors (Lipinski definition) is 1. The maximum atomic E-state index is 4.43. The van der Waals surface area contributed by atoms with Gasteiger partial charge < -0.3 is 5.32 Å². The lowest BCUT2D eigenvalue weighted by atomic mass is 9.80. The Balaban J connectivity index is 1.91. The van der Waals surface area contributed by atoms with Crippen molar-refractivity contribution in [3.8, 4) is 0 Å². The van der Waals surface area contributed by atoms with E-state index in [4.69, 9.17) is 0 Å². The van der Waals surface area contributed by atoms with Gasteiger partial charge in [0.2, 0.25) is 0 Å². The first-order valence-electron chi connectivity index (χ1n) is 6.70. The first-order chi connectivity index (χ1) is 8.49. The van der Waals surface area contributed by atoms with Crippen molar-refractivity contribution in [1.29, 1.82) is 0 Å². The summed E-state index contributed by atoms with van der Waals surface area (Å²) in [5, 5.41) is 2.99. The Hall–Kier alpha value is -1.16. The molecule has 0 aliphatic carbocycles. The Labute approximate surface area is 110 Å². The van der Waals surface area contributed by atoms with Gasteiger partial charge in [0.05, 0.1) is 18.1 Å². The SMILES string of the molecule is CNc1cnc(CN2CCC(C(C)(C)C)C2)cn1. The van der Waals surface area contributed by atoms with Crippen molar-refractivity contribution >= 4 is 5.82 Å². The summed E-state index contributed by atoms with van der Waals surface area (Å²) in [7, 11) is 1.86. The van der Waals surface area contributed by atoms with E-state index in [1.165, 1.54) is 19.5 Å². The van der Waals surface area contributed by atoms with Crippen LogP contribution in [0.4, 0.5) is 5.82 Å². The van der Waals surface area contributed by atoms with Crippen LogP contribution in [0.15, 0.2) is 12.4 Å². The lowest BCUT2D eigenvalue weighted by molar-refractivity contribution is 0.225. The summed E-state index contributed by atoms with van der Waals surface area (Å²) in [4.78, 5) is 11.2. The third-order valence-corrected chi connectivity index (χ3v) is 3.84. The number of rotatable bonds is 3. The number of likely N-dealkylation sites (tertiary alicyclic amines) is 1. The van der Waals surface area contributed by atoms with Gasteiger partial charge in [-0.25, -0.2) is 4.98 Å². The quantitative estimate of drug-likeness (QED) is 0.891. The number of aromatic nitrogens is 2. The molecular formula is C14H24N4. The molecule has 0 radical (unpaired) electrons. The number of nitrogens with zero attached hydrogens (tertiary/aromatic N) is 3. The van der Waals surface area contributed by atoms with Crippen LogP contribution in [0.2, 0.25) is 0 Å². The molecule has 1 aliphatic rings. The molecule has 1 fully saturated rings. The van der Waals surface area contributed by atoms with Crippen molar-refractivity contribution in [2.24, 2.45) is 11.3 Å². The van der Waals surface area contributed by atoms with Gasteiger partial charge in [-0.2, -0.15) is 0 Å². The highest BCUT2D eigenvalue weighted by Gasteiger charge is 2.31. The normalized spacial score (nSPS) is 21.2. The third-order valence-electron chi connectivity index (χ3n) is 3.84. The van der Waals surface area contributed by atoms with Crippen molar-refractivity contribution in [2.75, 3.05) is 25.5 Å². The van der Waals surface area contributed by atoms with E-state index in [-0.39, 0.29) is 0 Å². The van der Waals surface area contributed by atoms with Crippen LogP contribution in [0.5, 0.6) is 0 Å². The van der Waals surface area contributed by atoms with Crippen molar-refractivity contribution in [3.63, 3.8) is 0 Å². The van der Waals surface area contributed by atoms with E-state index in [0.29, 0.717) is 5.41 Å². The average Bonchev–Trinajstić information content (AvgIpc) is 2.78. The summed E-state index contributed by atoms with van der Waals surface area (Å²) in [6.45, 7) is 10.3. The van der Waals surface area contributed by atoms with Crippen LogP contribution in [0.3, 0.4) is 0 Å². The molecule has 4 nitrogen and oxygen atoms in total. The Morgan fingerprint density at radius 1 is 1.33 bits per heavy atom. The Morgan fingerprint density at radius 2 is 2.11 bits per heavy atom. The van der Waals surface area contributed by atoms with Gasteiger partial charge in [-0.15, -0.1) is 0 Å². The molecule has 1 saturated heterocycles. The van der Waals surface area contributed by atoms with Crippen LogP contribution in [-0.4, -0.2) is 35.0 Å². The molecule has 1 aromatic rings. The van der Waals surface area contributed by atoms with Crippen LogP contribution < -0.4 is 5.32 Å². The molecule has 0 spiro atoms. The molecule has 1 aromatic heterocycles. The second kappa shape index (κ2) is 5.22. The summed E-state index contributed by atoms with van der Waals surface area (Å²) >= 11 is 0. The minimum absolute atomic E-state index is 0.413. The predicted molar refractivity (Wildman–Crippen MR) is 74.4 cm³/mol. The molecule has 0 saturated carbocycles. The molecular weight excluding hydrogens is 224 g/mol. The molecule has 18 heavy (non-hydrogen) atoms. The Bertz CT molecular complexity index is 380. The first-order valence-corrected chi connectivity index (χ1v) is 6.70. The van der Waals surface area contributed by atoms with Crippen molar-refractivity contribution in [1.82, 2.24) is 14.9 Å². The molecule has 1 N–H and O–H groups in total. The molecule has 2 rings (SSSR count). The minimum atomic E-state index is 0.413. The Morgan fingerprint density at radius 3 is 2.61 bits per heavy atom. The largest absolute Gasteiger partial charge is 0.372 e. The fourth-order valence-electron chi connectivity index (χ4n) is 2.48. The smallest absolute Gasteiger partial charge is 0.144 e. The van der Waals surface area contributed by atoms with Crippen molar-refractivity contribution in [2.45, 2.75) is 33.7 Å². The van der Waals surface area contributed by atoms with Crippen LogP contribution in [0.1, 0.15) is 32.9 Å². The number of nitrogens with one attached hydrogen (secondary N) is 1. The second-order valence-corrected chi connectivity index (χ2v) is 6.23. The van der Waals surface area contributed by atoms with E-state index in [2.05, 4.69) is 41.0 Å². The van der Waals surface area contributed by atoms with E-state index >= 15 is 0 Å². The lowest BCUT2D eigenvalue weighted by Crippen LogP contribution is -2.26. The Kier molecular flexibility index (Phi) is 3.85. The molecule has 100 valence electrons. The lowest BCUT2D eigenvalue weighted by Gasteiger charge is -2.27. The van der Waals surface area contributed by atoms with Crippen LogP contribution in [-0.2, 0) is 6.54 Å². The van der Waals surface area contributed by atoms with Crippen molar-refractivity contribution in [3.05, 3.63) is 18.1 Å². The van der Waals surface area contributed by atoms with Gasteiger partial charge in [-0.05, 0) is 24.3 Å². The standard InChI is InChI=1S/C14H24N4/c1-14(2,3)11-5-6-18(9-11)10-12-7-17-13(15-4)8-16-12/h7-8,11H,5-6,9-10H2,1-4H3,(H,15,17). The first kappa shape index (κ1) is 13.3. The summed E-state index contributed by atoms with van der Waals surface area (Å²) in [6.07, 6.45) is 4.97. The van der Waals surface area contributed by atoms with Crippen LogP contribution in [0.25, 0.3) is 0 Å². The molecule has 1 unspecified atom stereocenters. The summed E-state index contributed by atoms with van der Waals surface area (Å²) in [5.74, 6) is 1.62. The zero-order valence-corrected chi connectivity index (χ0v) is 11.9. The summed E-state index contributed by atoms with van der Waals surface area (Å²) in [6, 6.07) is 0. The number of anilines is 1. The monoisotopic (exact) mass is 248 g/mol. The second-order valence-electron chi connectivity index (χ2n) is 6.23.